The number of rotatable bonds is 3. The van der Waals surface area contributed by atoms with Crippen LogP contribution in [0.5, 0.6) is 0 Å². The molecule has 0 aromatic rings. The van der Waals surface area contributed by atoms with E-state index < -0.39 is 0 Å². The second-order valence-corrected chi connectivity index (χ2v) is 8.06. The molecule has 0 aromatic heterocycles. The number of urea groups is 1. The van der Waals surface area contributed by atoms with Crippen molar-refractivity contribution in [2.75, 3.05) is 19.6 Å². The Morgan fingerprint density at radius 1 is 1.19 bits per heavy atom. The Balaban J connectivity index is 1.46. The number of carbonyl (C=O) groups is 1. The van der Waals surface area contributed by atoms with E-state index in [1.54, 1.807) is 0 Å². The van der Waals surface area contributed by atoms with Crippen molar-refractivity contribution in [3.8, 4) is 0 Å². The van der Waals surface area contributed by atoms with Crippen molar-refractivity contribution in [2.45, 2.75) is 63.5 Å². The fourth-order valence-corrected chi connectivity index (χ4v) is 6.04. The lowest BCUT2D eigenvalue weighted by atomic mass is 9.53. The minimum atomic E-state index is 0.144. The van der Waals surface area contributed by atoms with Gasteiger partial charge in [0.2, 0.25) is 0 Å². The standard InChI is InChI=1S/C17H29N3O/c1-2-20(15-3-4-18-11-15)16(21)19-17-8-12-5-13(9-17)7-14(6-12)10-17/h12-15,18H,2-11H2,1H3,(H,19,21). The van der Waals surface area contributed by atoms with Crippen molar-refractivity contribution in [3.05, 3.63) is 0 Å². The number of likely N-dealkylation sites (N-methyl/N-ethyl adjacent to an activating group) is 1. The molecule has 1 saturated heterocycles. The lowest BCUT2D eigenvalue weighted by Gasteiger charge is -2.57. The summed E-state index contributed by atoms with van der Waals surface area (Å²) in [6.07, 6.45) is 9.11. The predicted molar refractivity (Wildman–Crippen MR) is 83.1 cm³/mol. The largest absolute Gasteiger partial charge is 0.333 e. The second-order valence-electron chi connectivity index (χ2n) is 8.06. The van der Waals surface area contributed by atoms with Gasteiger partial charge in [0.1, 0.15) is 0 Å². The van der Waals surface area contributed by atoms with Crippen LogP contribution in [0.4, 0.5) is 4.79 Å². The zero-order chi connectivity index (χ0) is 14.4. The molecule has 118 valence electrons. The third kappa shape index (κ3) is 2.45. The molecule has 5 fully saturated rings. The van der Waals surface area contributed by atoms with E-state index in [0.29, 0.717) is 6.04 Å². The fourth-order valence-electron chi connectivity index (χ4n) is 6.04. The molecule has 4 aliphatic carbocycles. The maximum atomic E-state index is 12.8. The molecule has 2 amide bonds. The molecule has 1 aliphatic heterocycles. The normalized spacial score (nSPS) is 44.0. The SMILES string of the molecule is CCN(C(=O)NC12CC3CC(CC(C3)C1)C2)C1CCNC1. The Morgan fingerprint density at radius 3 is 2.29 bits per heavy atom. The van der Waals surface area contributed by atoms with Gasteiger partial charge < -0.3 is 15.5 Å². The smallest absolute Gasteiger partial charge is 0.318 e. The highest BCUT2D eigenvalue weighted by Crippen LogP contribution is 2.55. The maximum absolute atomic E-state index is 12.8. The molecule has 1 atom stereocenters. The van der Waals surface area contributed by atoms with Crippen molar-refractivity contribution in [2.24, 2.45) is 17.8 Å². The summed E-state index contributed by atoms with van der Waals surface area (Å²) in [6.45, 7) is 4.94. The van der Waals surface area contributed by atoms with E-state index in [-0.39, 0.29) is 11.6 Å². The summed E-state index contributed by atoms with van der Waals surface area (Å²) >= 11 is 0. The summed E-state index contributed by atoms with van der Waals surface area (Å²) in [6, 6.07) is 0.595. The van der Waals surface area contributed by atoms with Gasteiger partial charge in [-0.2, -0.15) is 0 Å². The van der Waals surface area contributed by atoms with Crippen molar-refractivity contribution >= 4 is 6.03 Å². The Bertz CT molecular complexity index is 381. The Hall–Kier alpha value is -0.770. The average molecular weight is 291 g/mol. The summed E-state index contributed by atoms with van der Waals surface area (Å²) in [4.78, 5) is 14.9. The van der Waals surface area contributed by atoms with Gasteiger partial charge in [-0.15, -0.1) is 0 Å². The molecule has 5 rings (SSSR count). The molecule has 4 heteroatoms. The monoisotopic (exact) mass is 291 g/mol. The highest BCUT2D eigenvalue weighted by Gasteiger charge is 2.52. The first kappa shape index (κ1) is 13.9. The van der Waals surface area contributed by atoms with Gasteiger partial charge in [-0.3, -0.25) is 0 Å². The summed E-state index contributed by atoms with van der Waals surface area (Å²) < 4.78 is 0. The molecule has 1 unspecified atom stereocenters. The van der Waals surface area contributed by atoms with E-state index in [1.165, 1.54) is 38.5 Å². The third-order valence-corrected chi connectivity index (χ3v) is 6.49. The Morgan fingerprint density at radius 2 is 1.81 bits per heavy atom. The fraction of sp³-hybridized carbons (Fsp3) is 0.941. The number of amides is 2. The Kier molecular flexibility index (Phi) is 3.40. The van der Waals surface area contributed by atoms with E-state index >= 15 is 0 Å². The van der Waals surface area contributed by atoms with Gasteiger partial charge in [0.25, 0.3) is 0 Å². The quantitative estimate of drug-likeness (QED) is 0.838. The van der Waals surface area contributed by atoms with Crippen LogP contribution in [0.15, 0.2) is 0 Å². The summed E-state index contributed by atoms with van der Waals surface area (Å²) in [5.41, 5.74) is 0.144. The topological polar surface area (TPSA) is 44.4 Å². The first-order chi connectivity index (χ1) is 10.2. The molecule has 2 N–H and O–H groups in total. The molecule has 1 heterocycles. The predicted octanol–water partition coefficient (Wildman–Crippen LogP) is 2.35. The number of nitrogens with one attached hydrogen (secondary N) is 2. The van der Waals surface area contributed by atoms with E-state index in [0.717, 1.165) is 43.8 Å². The lowest BCUT2D eigenvalue weighted by molar-refractivity contribution is -0.0161. The molecule has 4 saturated carbocycles. The van der Waals surface area contributed by atoms with E-state index in [1.807, 2.05) is 0 Å². The maximum Gasteiger partial charge on any atom is 0.318 e. The number of hydrogen-bond acceptors (Lipinski definition) is 2. The highest BCUT2D eigenvalue weighted by molar-refractivity contribution is 5.75. The van der Waals surface area contributed by atoms with Crippen molar-refractivity contribution in [1.29, 1.82) is 0 Å². The molecule has 21 heavy (non-hydrogen) atoms. The van der Waals surface area contributed by atoms with Gasteiger partial charge >= 0.3 is 6.03 Å². The second kappa shape index (κ2) is 5.15. The number of nitrogens with zero attached hydrogens (tertiary/aromatic N) is 1. The van der Waals surface area contributed by atoms with Gasteiger partial charge in [-0.1, -0.05) is 0 Å². The minimum absolute atomic E-state index is 0.144. The molecule has 4 bridgehead atoms. The van der Waals surface area contributed by atoms with Crippen LogP contribution in [0.2, 0.25) is 0 Å². The van der Waals surface area contributed by atoms with Crippen LogP contribution in [0.1, 0.15) is 51.9 Å². The molecule has 5 aliphatic rings. The van der Waals surface area contributed by atoms with Crippen LogP contribution >= 0.6 is 0 Å². The van der Waals surface area contributed by atoms with Gasteiger partial charge in [0.15, 0.2) is 0 Å². The molecular formula is C17H29N3O. The highest BCUT2D eigenvalue weighted by atomic mass is 16.2. The van der Waals surface area contributed by atoms with Gasteiger partial charge in [0.05, 0.1) is 0 Å². The summed E-state index contributed by atoms with van der Waals surface area (Å²) in [5.74, 6) is 2.67. The van der Waals surface area contributed by atoms with Crippen LogP contribution in [-0.2, 0) is 0 Å². The average Bonchev–Trinajstić information content (AvgIpc) is 2.91. The van der Waals surface area contributed by atoms with Crippen molar-refractivity contribution in [3.63, 3.8) is 0 Å². The Labute approximate surface area is 128 Å². The summed E-state index contributed by atoms with van der Waals surface area (Å²) in [5, 5.41) is 6.89. The zero-order valence-electron chi connectivity index (χ0n) is 13.2. The number of hydrogen-bond donors (Lipinski definition) is 2. The van der Waals surface area contributed by atoms with E-state index in [9.17, 15) is 4.79 Å². The molecule has 0 aromatic carbocycles. The van der Waals surface area contributed by atoms with Crippen LogP contribution in [0.25, 0.3) is 0 Å². The lowest BCUT2D eigenvalue weighted by Crippen LogP contribution is -2.62. The van der Waals surface area contributed by atoms with Gasteiger partial charge in [-0.05, 0) is 76.2 Å². The van der Waals surface area contributed by atoms with Crippen LogP contribution in [0.3, 0.4) is 0 Å². The van der Waals surface area contributed by atoms with Crippen molar-refractivity contribution < 1.29 is 4.79 Å². The third-order valence-electron chi connectivity index (χ3n) is 6.49. The van der Waals surface area contributed by atoms with E-state index in [2.05, 4.69) is 22.5 Å². The first-order valence-electron chi connectivity index (χ1n) is 8.97. The van der Waals surface area contributed by atoms with Crippen LogP contribution in [0, 0.1) is 17.8 Å². The van der Waals surface area contributed by atoms with Crippen LogP contribution in [-0.4, -0.2) is 42.1 Å². The minimum Gasteiger partial charge on any atom is -0.333 e. The zero-order valence-corrected chi connectivity index (χ0v) is 13.2. The first-order valence-corrected chi connectivity index (χ1v) is 8.97. The molecule has 0 radical (unpaired) electrons. The number of carbonyl (C=O) groups excluding carboxylic acids is 1. The molecule has 0 spiro atoms. The van der Waals surface area contributed by atoms with Crippen molar-refractivity contribution in [1.82, 2.24) is 15.5 Å². The van der Waals surface area contributed by atoms with Gasteiger partial charge in [0, 0.05) is 24.7 Å². The van der Waals surface area contributed by atoms with Gasteiger partial charge in [-0.25, -0.2) is 4.79 Å². The molecule has 4 nitrogen and oxygen atoms in total. The summed E-state index contributed by atoms with van der Waals surface area (Å²) in [7, 11) is 0. The van der Waals surface area contributed by atoms with E-state index in [4.69, 9.17) is 0 Å². The van der Waals surface area contributed by atoms with Crippen LogP contribution < -0.4 is 10.6 Å². The molecular weight excluding hydrogens is 262 g/mol.